The van der Waals surface area contributed by atoms with Gasteiger partial charge in [0, 0.05) is 45.5 Å². The van der Waals surface area contributed by atoms with Crippen molar-refractivity contribution in [2.24, 2.45) is 4.99 Å². The molecule has 0 unspecified atom stereocenters. The van der Waals surface area contributed by atoms with Gasteiger partial charge in [-0.3, -0.25) is 0 Å². The van der Waals surface area contributed by atoms with Crippen molar-refractivity contribution in [2.75, 3.05) is 32.1 Å². The normalized spacial score (nSPS) is 11.7. The van der Waals surface area contributed by atoms with Gasteiger partial charge in [-0.2, -0.15) is 0 Å². The topological polar surface area (TPSA) is 83.3 Å². The molecular weight excluding hydrogens is 364 g/mol. The Hall–Kier alpha value is -3.16. The standard InChI is InChI=1S/C21H30N8/c1-5-19-27-25-15-29(19)12-11-23-21(22-6-2)24-14-16-13-20(28(3)4)26-18-10-8-7-9-17(16)18/h7-10,13,15H,5-6,11-12,14H2,1-4H3,(H2,22,23,24). The van der Waals surface area contributed by atoms with Gasteiger partial charge in [0.15, 0.2) is 5.96 Å². The molecule has 0 radical (unpaired) electrons. The molecule has 3 rings (SSSR count). The predicted octanol–water partition coefficient (Wildman–Crippen LogP) is 2.21. The molecule has 2 aromatic heterocycles. The Labute approximate surface area is 172 Å². The second kappa shape index (κ2) is 9.86. The van der Waals surface area contributed by atoms with E-state index in [1.807, 2.05) is 37.2 Å². The van der Waals surface area contributed by atoms with Crippen LogP contribution in [0.4, 0.5) is 5.82 Å². The summed E-state index contributed by atoms with van der Waals surface area (Å²) >= 11 is 0. The van der Waals surface area contributed by atoms with Crippen molar-refractivity contribution in [3.63, 3.8) is 0 Å². The van der Waals surface area contributed by atoms with E-state index in [9.17, 15) is 0 Å². The first-order valence-corrected chi connectivity index (χ1v) is 10.1. The van der Waals surface area contributed by atoms with E-state index in [-0.39, 0.29) is 0 Å². The van der Waals surface area contributed by atoms with Crippen LogP contribution in [0.15, 0.2) is 41.7 Å². The minimum absolute atomic E-state index is 0.575. The highest BCUT2D eigenvalue weighted by Crippen LogP contribution is 2.22. The summed E-state index contributed by atoms with van der Waals surface area (Å²) in [5, 5.41) is 16.0. The molecule has 0 spiro atoms. The Morgan fingerprint density at radius 2 is 2.00 bits per heavy atom. The van der Waals surface area contributed by atoms with E-state index in [0.29, 0.717) is 6.54 Å². The van der Waals surface area contributed by atoms with Crippen LogP contribution in [0.25, 0.3) is 10.9 Å². The molecule has 0 aliphatic carbocycles. The fourth-order valence-electron chi connectivity index (χ4n) is 3.13. The van der Waals surface area contributed by atoms with E-state index in [2.05, 4.69) is 51.4 Å². The van der Waals surface area contributed by atoms with E-state index >= 15 is 0 Å². The Morgan fingerprint density at radius 1 is 1.17 bits per heavy atom. The lowest BCUT2D eigenvalue weighted by Crippen LogP contribution is -2.38. The summed E-state index contributed by atoms with van der Waals surface area (Å²) in [5.74, 6) is 2.73. The Kier molecular flexibility index (Phi) is 6.99. The van der Waals surface area contributed by atoms with Crippen molar-refractivity contribution < 1.29 is 0 Å². The van der Waals surface area contributed by atoms with Crippen LogP contribution in [-0.4, -0.2) is 52.9 Å². The summed E-state index contributed by atoms with van der Waals surface area (Å²) in [6.07, 6.45) is 2.65. The quantitative estimate of drug-likeness (QED) is 0.450. The number of benzene rings is 1. The molecule has 3 aromatic rings. The number of rotatable bonds is 8. The molecule has 0 aliphatic heterocycles. The molecule has 0 bridgehead atoms. The third-order valence-electron chi connectivity index (χ3n) is 4.66. The maximum Gasteiger partial charge on any atom is 0.191 e. The average Bonchev–Trinajstić information content (AvgIpc) is 3.19. The number of nitrogens with one attached hydrogen (secondary N) is 2. The second-order valence-corrected chi connectivity index (χ2v) is 6.97. The fourth-order valence-corrected chi connectivity index (χ4v) is 3.13. The van der Waals surface area contributed by atoms with E-state index in [0.717, 1.165) is 60.1 Å². The molecule has 2 heterocycles. The molecule has 0 saturated carbocycles. The summed E-state index contributed by atoms with van der Waals surface area (Å²) < 4.78 is 2.07. The van der Waals surface area contributed by atoms with Crippen LogP contribution in [0, 0.1) is 0 Å². The van der Waals surface area contributed by atoms with Crippen LogP contribution in [0.2, 0.25) is 0 Å². The van der Waals surface area contributed by atoms with Crippen LogP contribution in [0.3, 0.4) is 0 Å². The number of aliphatic imine (C=N–C) groups is 1. The lowest BCUT2D eigenvalue weighted by atomic mass is 10.1. The minimum atomic E-state index is 0.575. The van der Waals surface area contributed by atoms with Crippen molar-refractivity contribution in [3.05, 3.63) is 48.0 Å². The SMILES string of the molecule is CCNC(=NCc1cc(N(C)C)nc2ccccc12)NCCn1cnnc1CC. The number of hydrogen-bond acceptors (Lipinski definition) is 5. The van der Waals surface area contributed by atoms with Crippen molar-refractivity contribution in [3.8, 4) is 0 Å². The number of aromatic nitrogens is 4. The second-order valence-electron chi connectivity index (χ2n) is 6.97. The van der Waals surface area contributed by atoms with Gasteiger partial charge in [-0.15, -0.1) is 10.2 Å². The number of guanidine groups is 1. The number of para-hydroxylation sites is 1. The van der Waals surface area contributed by atoms with Gasteiger partial charge >= 0.3 is 0 Å². The van der Waals surface area contributed by atoms with Gasteiger partial charge < -0.3 is 20.1 Å². The molecule has 0 saturated heterocycles. The van der Waals surface area contributed by atoms with Crippen molar-refractivity contribution in [1.29, 1.82) is 0 Å². The zero-order valence-corrected chi connectivity index (χ0v) is 17.7. The zero-order chi connectivity index (χ0) is 20.6. The molecule has 0 aliphatic rings. The highest BCUT2D eigenvalue weighted by atomic mass is 15.3. The maximum atomic E-state index is 4.80. The third-order valence-corrected chi connectivity index (χ3v) is 4.66. The number of nitrogens with zero attached hydrogens (tertiary/aromatic N) is 6. The van der Waals surface area contributed by atoms with Crippen LogP contribution >= 0.6 is 0 Å². The number of aryl methyl sites for hydroxylation is 1. The molecular formula is C21H30N8. The zero-order valence-electron chi connectivity index (χ0n) is 17.7. The molecule has 1 aromatic carbocycles. The van der Waals surface area contributed by atoms with Crippen LogP contribution in [0.5, 0.6) is 0 Å². The Morgan fingerprint density at radius 3 is 2.76 bits per heavy atom. The van der Waals surface area contributed by atoms with Crippen LogP contribution in [-0.2, 0) is 19.5 Å². The first-order chi connectivity index (χ1) is 14.1. The van der Waals surface area contributed by atoms with Crippen LogP contribution in [0.1, 0.15) is 25.2 Å². The third kappa shape index (κ3) is 5.22. The van der Waals surface area contributed by atoms with Gasteiger partial charge in [0.05, 0.1) is 12.1 Å². The summed E-state index contributed by atoms with van der Waals surface area (Å²) in [4.78, 5) is 11.5. The molecule has 29 heavy (non-hydrogen) atoms. The monoisotopic (exact) mass is 394 g/mol. The van der Waals surface area contributed by atoms with Crippen molar-refractivity contribution in [2.45, 2.75) is 33.4 Å². The first kappa shape index (κ1) is 20.6. The van der Waals surface area contributed by atoms with Crippen molar-refractivity contribution in [1.82, 2.24) is 30.4 Å². The number of anilines is 1. The number of hydrogen-bond donors (Lipinski definition) is 2. The van der Waals surface area contributed by atoms with Gasteiger partial charge in [-0.1, -0.05) is 25.1 Å². The highest BCUT2D eigenvalue weighted by molar-refractivity contribution is 5.85. The van der Waals surface area contributed by atoms with E-state index in [1.165, 1.54) is 0 Å². The van der Waals surface area contributed by atoms with E-state index in [1.54, 1.807) is 6.33 Å². The lowest BCUT2D eigenvalue weighted by Gasteiger charge is -2.15. The lowest BCUT2D eigenvalue weighted by molar-refractivity contribution is 0.632. The first-order valence-electron chi connectivity index (χ1n) is 10.1. The smallest absolute Gasteiger partial charge is 0.191 e. The van der Waals surface area contributed by atoms with Crippen LogP contribution < -0.4 is 15.5 Å². The molecule has 0 amide bonds. The molecule has 8 nitrogen and oxygen atoms in total. The number of fused-ring (bicyclic) bond motifs is 1. The average molecular weight is 395 g/mol. The largest absolute Gasteiger partial charge is 0.363 e. The molecule has 0 fully saturated rings. The van der Waals surface area contributed by atoms with Gasteiger partial charge in [0.2, 0.25) is 0 Å². The Bertz CT molecular complexity index is 960. The van der Waals surface area contributed by atoms with Crippen molar-refractivity contribution >= 4 is 22.7 Å². The molecule has 2 N–H and O–H groups in total. The molecule has 154 valence electrons. The Balaban J connectivity index is 1.74. The summed E-state index contributed by atoms with van der Waals surface area (Å²) in [5.41, 5.74) is 2.14. The van der Waals surface area contributed by atoms with Gasteiger partial charge in [0.25, 0.3) is 0 Å². The predicted molar refractivity (Wildman–Crippen MR) is 118 cm³/mol. The van der Waals surface area contributed by atoms with Gasteiger partial charge in [0.1, 0.15) is 18.0 Å². The maximum absolute atomic E-state index is 4.80. The van der Waals surface area contributed by atoms with Gasteiger partial charge in [-0.25, -0.2) is 9.98 Å². The summed E-state index contributed by atoms with van der Waals surface area (Å²) in [6, 6.07) is 10.3. The fraction of sp³-hybridized carbons (Fsp3) is 0.429. The number of pyridine rings is 1. The molecule has 0 atom stereocenters. The van der Waals surface area contributed by atoms with E-state index in [4.69, 9.17) is 9.98 Å². The van der Waals surface area contributed by atoms with Gasteiger partial charge in [-0.05, 0) is 24.6 Å². The summed E-state index contributed by atoms with van der Waals surface area (Å²) in [6.45, 7) is 7.07. The minimum Gasteiger partial charge on any atom is -0.363 e. The molecule has 8 heteroatoms. The highest BCUT2D eigenvalue weighted by Gasteiger charge is 2.08. The summed E-state index contributed by atoms with van der Waals surface area (Å²) in [7, 11) is 4.01. The van der Waals surface area contributed by atoms with E-state index < -0.39 is 0 Å².